The third-order valence-corrected chi connectivity index (χ3v) is 15.0. The van der Waals surface area contributed by atoms with Gasteiger partial charge in [0.2, 0.25) is 0 Å². The molecule has 0 amide bonds. The zero-order valence-corrected chi connectivity index (χ0v) is 38.7. The van der Waals surface area contributed by atoms with Crippen LogP contribution in [0.2, 0.25) is 0 Å². The summed E-state index contributed by atoms with van der Waals surface area (Å²) in [5.74, 6) is 1.48. The van der Waals surface area contributed by atoms with E-state index in [9.17, 15) is 0 Å². The van der Waals surface area contributed by atoms with Gasteiger partial charge in [0.15, 0.2) is 0 Å². The van der Waals surface area contributed by atoms with Gasteiger partial charge in [0.1, 0.15) is 0 Å². The first-order chi connectivity index (χ1) is 26.3. The SMILES string of the molecule is CCCCCCCCC1(CCCCCCCC)c2cc(Br)ccc2-c2cc3c(cc21)-c1ccc(Br)cc1C3(CC(CC)CCCC)CC(CC)CCCC. The van der Waals surface area contributed by atoms with Crippen LogP contribution >= 0.6 is 31.9 Å². The average Bonchev–Trinajstić information content (AvgIpc) is 3.58. The topological polar surface area (TPSA) is 0 Å². The van der Waals surface area contributed by atoms with Crippen LogP contribution in [0.5, 0.6) is 0 Å². The molecule has 0 fully saturated rings. The Morgan fingerprint density at radius 3 is 1.20 bits per heavy atom. The Morgan fingerprint density at radius 2 is 0.778 bits per heavy atom. The van der Waals surface area contributed by atoms with E-state index in [1.807, 2.05) is 0 Å². The lowest BCUT2D eigenvalue weighted by molar-refractivity contribution is 0.266. The number of fused-ring (bicyclic) bond motifs is 6. The molecule has 2 heteroatoms. The Kier molecular flexibility index (Phi) is 17.3. The van der Waals surface area contributed by atoms with Gasteiger partial charge in [-0.05, 0) is 118 Å². The molecule has 2 atom stereocenters. The van der Waals surface area contributed by atoms with Crippen LogP contribution in [0.3, 0.4) is 0 Å². The van der Waals surface area contributed by atoms with Gasteiger partial charge in [-0.1, -0.05) is 214 Å². The molecule has 0 radical (unpaired) electrons. The van der Waals surface area contributed by atoms with Crippen molar-refractivity contribution in [2.75, 3.05) is 0 Å². The third-order valence-electron chi connectivity index (χ3n) is 14.0. The lowest BCUT2D eigenvalue weighted by Gasteiger charge is -2.39. The second kappa shape index (κ2) is 21.4. The number of hydrogen-bond acceptors (Lipinski definition) is 0. The van der Waals surface area contributed by atoms with Gasteiger partial charge in [0.25, 0.3) is 0 Å². The van der Waals surface area contributed by atoms with Gasteiger partial charge in [-0.3, -0.25) is 0 Å². The Labute approximate surface area is 350 Å². The highest BCUT2D eigenvalue weighted by Crippen LogP contribution is 2.62. The van der Waals surface area contributed by atoms with Crippen molar-refractivity contribution in [2.24, 2.45) is 11.8 Å². The van der Waals surface area contributed by atoms with Crippen molar-refractivity contribution in [3.8, 4) is 22.3 Å². The van der Waals surface area contributed by atoms with Crippen LogP contribution in [0.1, 0.15) is 218 Å². The fourth-order valence-electron chi connectivity index (χ4n) is 10.9. The summed E-state index contributed by atoms with van der Waals surface area (Å²) in [6, 6.07) is 20.3. The molecule has 2 aliphatic carbocycles. The van der Waals surface area contributed by atoms with Gasteiger partial charge >= 0.3 is 0 Å². The number of halogens is 2. The first kappa shape index (κ1) is 43.7. The van der Waals surface area contributed by atoms with E-state index >= 15 is 0 Å². The zero-order chi connectivity index (χ0) is 38.6. The van der Waals surface area contributed by atoms with Crippen LogP contribution in [0.15, 0.2) is 57.5 Å². The summed E-state index contributed by atoms with van der Waals surface area (Å²) < 4.78 is 2.48. The highest BCUT2D eigenvalue weighted by Gasteiger charge is 2.49. The molecule has 0 spiro atoms. The van der Waals surface area contributed by atoms with Gasteiger partial charge in [-0.2, -0.15) is 0 Å². The number of unbranched alkanes of at least 4 members (excludes halogenated alkanes) is 12. The molecule has 0 nitrogen and oxygen atoms in total. The lowest BCUT2D eigenvalue weighted by atomic mass is 9.64. The van der Waals surface area contributed by atoms with Crippen LogP contribution in [0.25, 0.3) is 22.3 Å². The normalized spacial score (nSPS) is 17.6. The maximum atomic E-state index is 4.01. The Morgan fingerprint density at radius 1 is 0.407 bits per heavy atom. The van der Waals surface area contributed by atoms with Crippen molar-refractivity contribution in [2.45, 2.75) is 206 Å². The number of benzene rings is 3. The fourth-order valence-corrected chi connectivity index (χ4v) is 11.6. The van der Waals surface area contributed by atoms with E-state index in [1.54, 1.807) is 33.4 Å². The Balaban J connectivity index is 1.70. The molecule has 0 N–H and O–H groups in total. The van der Waals surface area contributed by atoms with Gasteiger partial charge in [-0.15, -0.1) is 0 Å². The summed E-state index contributed by atoms with van der Waals surface area (Å²) in [4.78, 5) is 0. The van der Waals surface area contributed by atoms with Crippen molar-refractivity contribution >= 4 is 31.9 Å². The molecular formula is C52H76Br2. The maximum absolute atomic E-state index is 4.01. The summed E-state index contributed by atoms with van der Waals surface area (Å²) in [7, 11) is 0. The standard InChI is InChI=1S/C52H76Br2/c1-7-13-17-19-21-23-31-51(32-24-22-20-18-14-8-2)47-33-41(53)27-29-43(47)45-36-50-46(35-49(45)51)44-30-28-42(54)34-48(44)52(50,37-39(11-5)25-15-9-3)38-40(12-6)26-16-10-4/h27-30,33-36,39-40H,7-26,31-32,37-38H2,1-6H3. The summed E-state index contributed by atoms with van der Waals surface area (Å²) in [5.41, 5.74) is 12.8. The van der Waals surface area contributed by atoms with Crippen LogP contribution in [-0.2, 0) is 10.8 Å². The average molecular weight is 861 g/mol. The summed E-state index contributed by atoms with van der Waals surface area (Å²) in [6.45, 7) is 14.4. The van der Waals surface area contributed by atoms with E-state index < -0.39 is 0 Å². The van der Waals surface area contributed by atoms with Gasteiger partial charge in [-0.25, -0.2) is 0 Å². The van der Waals surface area contributed by atoms with Crippen molar-refractivity contribution < 1.29 is 0 Å². The molecular weight excluding hydrogens is 784 g/mol. The van der Waals surface area contributed by atoms with E-state index in [0.29, 0.717) is 0 Å². The number of rotatable bonds is 26. The van der Waals surface area contributed by atoms with Crippen LogP contribution < -0.4 is 0 Å². The summed E-state index contributed by atoms with van der Waals surface area (Å²) >= 11 is 8.00. The van der Waals surface area contributed by atoms with Gasteiger partial charge in [0.05, 0.1) is 0 Å². The lowest BCUT2D eigenvalue weighted by Crippen LogP contribution is -2.32. The first-order valence-electron chi connectivity index (χ1n) is 23.1. The molecule has 0 saturated carbocycles. The maximum Gasteiger partial charge on any atom is 0.0221 e. The fraction of sp³-hybridized carbons (Fsp3) is 0.654. The highest BCUT2D eigenvalue weighted by molar-refractivity contribution is 9.10. The molecule has 298 valence electrons. The van der Waals surface area contributed by atoms with Gasteiger partial charge < -0.3 is 0 Å². The largest absolute Gasteiger partial charge is 0.0654 e. The molecule has 2 aliphatic rings. The second-order valence-electron chi connectivity index (χ2n) is 17.8. The smallest absolute Gasteiger partial charge is 0.0221 e. The predicted octanol–water partition coefficient (Wildman–Crippen LogP) is 18.5. The van der Waals surface area contributed by atoms with Gasteiger partial charge in [0, 0.05) is 19.8 Å². The molecule has 3 aromatic rings. The van der Waals surface area contributed by atoms with Crippen LogP contribution in [0.4, 0.5) is 0 Å². The van der Waals surface area contributed by atoms with Crippen molar-refractivity contribution in [3.63, 3.8) is 0 Å². The molecule has 0 aromatic heterocycles. The quantitative estimate of drug-likeness (QED) is 0.0706. The molecule has 2 unspecified atom stereocenters. The second-order valence-corrected chi connectivity index (χ2v) is 19.6. The van der Waals surface area contributed by atoms with E-state index in [2.05, 4.69) is 122 Å². The third kappa shape index (κ3) is 9.83. The molecule has 0 heterocycles. The summed E-state index contributed by atoms with van der Waals surface area (Å²) in [6.07, 6.45) is 31.8. The molecule has 5 rings (SSSR count). The molecule has 0 aliphatic heterocycles. The van der Waals surface area contributed by atoms with Crippen molar-refractivity contribution in [3.05, 3.63) is 79.7 Å². The number of hydrogen-bond donors (Lipinski definition) is 0. The molecule has 0 bridgehead atoms. The van der Waals surface area contributed by atoms with Crippen molar-refractivity contribution in [1.29, 1.82) is 0 Å². The Bertz CT molecular complexity index is 1560. The molecule has 54 heavy (non-hydrogen) atoms. The highest BCUT2D eigenvalue weighted by atomic mass is 79.9. The minimum absolute atomic E-state index is 0.0473. The monoisotopic (exact) mass is 858 g/mol. The first-order valence-corrected chi connectivity index (χ1v) is 24.7. The van der Waals surface area contributed by atoms with E-state index in [1.165, 1.54) is 174 Å². The van der Waals surface area contributed by atoms with E-state index in [4.69, 9.17) is 0 Å². The van der Waals surface area contributed by atoms with Crippen molar-refractivity contribution in [1.82, 2.24) is 0 Å². The Hall–Kier alpha value is -1.38. The zero-order valence-electron chi connectivity index (χ0n) is 35.5. The molecule has 3 aromatic carbocycles. The van der Waals surface area contributed by atoms with E-state index in [0.717, 1.165) is 11.8 Å². The minimum Gasteiger partial charge on any atom is -0.0654 e. The van der Waals surface area contributed by atoms with Crippen LogP contribution in [-0.4, -0.2) is 0 Å². The molecule has 0 saturated heterocycles. The predicted molar refractivity (Wildman–Crippen MR) is 246 cm³/mol. The van der Waals surface area contributed by atoms with Crippen LogP contribution in [0, 0.1) is 11.8 Å². The minimum atomic E-state index is 0.0473. The van der Waals surface area contributed by atoms with E-state index in [-0.39, 0.29) is 10.8 Å². The summed E-state index contributed by atoms with van der Waals surface area (Å²) in [5, 5.41) is 0.